The van der Waals surface area contributed by atoms with Crippen molar-refractivity contribution < 1.29 is 9.90 Å². The molecule has 2 aromatic rings. The second-order valence-corrected chi connectivity index (χ2v) is 12.1. The number of carbonyl (C=O) groups is 1. The van der Waals surface area contributed by atoms with Gasteiger partial charge in [-0.05, 0) is 112 Å². The number of benzene rings is 1. The van der Waals surface area contributed by atoms with E-state index in [0.29, 0.717) is 24.2 Å². The Morgan fingerprint density at radius 2 is 1.84 bits per heavy atom. The van der Waals surface area contributed by atoms with E-state index in [9.17, 15) is 9.90 Å². The number of carbonyl (C=O) groups excluding carboxylic acids is 1. The monoisotopic (exact) mass is 435 g/mol. The number of fused-ring (bicyclic) bond motifs is 6. The van der Waals surface area contributed by atoms with Crippen molar-refractivity contribution in [2.45, 2.75) is 83.8 Å². The number of hydrogen-bond acceptors (Lipinski definition) is 4. The quantitative estimate of drug-likeness (QED) is 0.735. The van der Waals surface area contributed by atoms with Gasteiger partial charge in [0.25, 0.3) is 0 Å². The fourth-order valence-corrected chi connectivity index (χ4v) is 8.90. The Kier molecular flexibility index (Phi) is 4.80. The predicted molar refractivity (Wildman–Crippen MR) is 124 cm³/mol. The van der Waals surface area contributed by atoms with Gasteiger partial charge in [-0.2, -0.15) is 0 Å². The average Bonchev–Trinajstić information content (AvgIpc) is 3.33. The van der Waals surface area contributed by atoms with Crippen LogP contribution in [0.3, 0.4) is 0 Å². The van der Waals surface area contributed by atoms with Crippen LogP contribution >= 0.6 is 0 Å². The van der Waals surface area contributed by atoms with E-state index in [0.717, 1.165) is 48.0 Å². The maximum absolute atomic E-state index is 13.6. The number of para-hydroxylation sites is 1. The van der Waals surface area contributed by atoms with Crippen molar-refractivity contribution in [3.05, 3.63) is 24.3 Å². The van der Waals surface area contributed by atoms with Gasteiger partial charge in [0.1, 0.15) is 12.1 Å². The second-order valence-electron chi connectivity index (χ2n) is 12.1. The van der Waals surface area contributed by atoms with Crippen LogP contribution in [-0.2, 0) is 11.3 Å². The minimum atomic E-state index is -0.451. The van der Waals surface area contributed by atoms with E-state index in [4.69, 9.17) is 0 Å². The van der Waals surface area contributed by atoms with Gasteiger partial charge in [0.05, 0.1) is 11.1 Å². The van der Waals surface area contributed by atoms with E-state index in [2.05, 4.69) is 17.2 Å². The van der Waals surface area contributed by atoms with Gasteiger partial charge in [-0.15, -0.1) is 5.10 Å². The van der Waals surface area contributed by atoms with Gasteiger partial charge in [0.15, 0.2) is 5.78 Å². The van der Waals surface area contributed by atoms with Crippen molar-refractivity contribution in [3.8, 4) is 0 Å². The van der Waals surface area contributed by atoms with E-state index >= 15 is 0 Å². The molecule has 1 heterocycles. The lowest BCUT2D eigenvalue weighted by Gasteiger charge is -2.56. The Bertz CT molecular complexity index is 1030. The Morgan fingerprint density at radius 1 is 1.03 bits per heavy atom. The van der Waals surface area contributed by atoms with E-state index < -0.39 is 5.60 Å². The zero-order chi connectivity index (χ0) is 22.1. The number of hydrogen-bond donors (Lipinski definition) is 1. The molecule has 0 bridgehead atoms. The smallest absolute Gasteiger partial charge is 0.157 e. The molecule has 6 rings (SSSR count). The maximum Gasteiger partial charge on any atom is 0.157 e. The van der Waals surface area contributed by atoms with Crippen molar-refractivity contribution >= 4 is 16.8 Å². The number of aromatic nitrogens is 3. The molecular formula is C27H37N3O2. The molecule has 0 radical (unpaired) electrons. The third kappa shape index (κ3) is 3.18. The number of nitrogens with zero attached hydrogens (tertiary/aromatic N) is 3. The van der Waals surface area contributed by atoms with E-state index in [1.165, 1.54) is 38.5 Å². The molecule has 4 aliphatic rings. The van der Waals surface area contributed by atoms with Gasteiger partial charge < -0.3 is 5.11 Å². The molecule has 8 unspecified atom stereocenters. The molecule has 0 amide bonds. The van der Waals surface area contributed by atoms with Crippen molar-refractivity contribution in [3.63, 3.8) is 0 Å². The summed E-state index contributed by atoms with van der Waals surface area (Å²) in [6.07, 6.45) is 10.4. The lowest BCUT2D eigenvalue weighted by Crippen LogP contribution is -2.51. The van der Waals surface area contributed by atoms with Crippen molar-refractivity contribution in [1.82, 2.24) is 15.0 Å². The fraction of sp³-hybridized carbons (Fsp3) is 0.741. The molecule has 4 aliphatic carbocycles. The van der Waals surface area contributed by atoms with Crippen LogP contribution in [0, 0.1) is 40.9 Å². The van der Waals surface area contributed by atoms with Crippen LogP contribution in [0.2, 0.25) is 0 Å². The first kappa shape index (κ1) is 20.8. The van der Waals surface area contributed by atoms with Gasteiger partial charge >= 0.3 is 0 Å². The van der Waals surface area contributed by atoms with Crippen LogP contribution in [-0.4, -0.2) is 31.5 Å². The first-order chi connectivity index (χ1) is 15.4. The minimum Gasteiger partial charge on any atom is -0.390 e. The molecule has 5 nitrogen and oxygen atoms in total. The number of ketones is 1. The van der Waals surface area contributed by atoms with Crippen LogP contribution in [0.25, 0.3) is 11.0 Å². The van der Waals surface area contributed by atoms with Gasteiger partial charge in [-0.25, -0.2) is 4.68 Å². The standard InChI is InChI=1S/C27H37N3O2/c1-26(32)13-11-18-17(15-26)7-8-20-19(18)12-14-27(2)21(20)9-10-22(27)25(31)16-30-24-6-4-3-5-23(24)28-29-30/h3-6,17-22,32H,7-16H2,1-2H3. The zero-order valence-corrected chi connectivity index (χ0v) is 19.5. The van der Waals surface area contributed by atoms with Gasteiger partial charge in [-0.1, -0.05) is 24.3 Å². The third-order valence-corrected chi connectivity index (χ3v) is 10.4. The summed E-state index contributed by atoms with van der Waals surface area (Å²) in [5.74, 6) is 4.30. The first-order valence-corrected chi connectivity index (χ1v) is 12.9. The minimum absolute atomic E-state index is 0.141. The third-order valence-electron chi connectivity index (χ3n) is 10.4. The summed E-state index contributed by atoms with van der Waals surface area (Å²) in [4.78, 5) is 13.6. The Morgan fingerprint density at radius 3 is 2.72 bits per heavy atom. The predicted octanol–water partition coefficient (Wildman–Crippen LogP) is 5.02. The summed E-state index contributed by atoms with van der Waals surface area (Å²) in [5, 5.41) is 19.1. The normalized spacial score (nSPS) is 43.5. The van der Waals surface area contributed by atoms with Gasteiger partial charge in [0, 0.05) is 5.92 Å². The topological polar surface area (TPSA) is 68.0 Å². The zero-order valence-electron chi connectivity index (χ0n) is 19.5. The fourth-order valence-electron chi connectivity index (χ4n) is 8.90. The largest absolute Gasteiger partial charge is 0.390 e. The van der Waals surface area contributed by atoms with Crippen LogP contribution in [0.1, 0.15) is 71.6 Å². The Hall–Kier alpha value is -1.75. The summed E-state index contributed by atoms with van der Waals surface area (Å²) < 4.78 is 1.80. The van der Waals surface area contributed by atoms with Crippen LogP contribution in [0.4, 0.5) is 0 Å². The van der Waals surface area contributed by atoms with Crippen LogP contribution in [0.15, 0.2) is 24.3 Å². The molecule has 1 aromatic carbocycles. The molecule has 0 aliphatic heterocycles. The second kappa shape index (κ2) is 7.38. The highest BCUT2D eigenvalue weighted by Gasteiger charge is 2.58. The summed E-state index contributed by atoms with van der Waals surface area (Å²) >= 11 is 0. The van der Waals surface area contributed by atoms with E-state index in [-0.39, 0.29) is 11.3 Å². The van der Waals surface area contributed by atoms with E-state index in [1.54, 1.807) is 4.68 Å². The molecule has 4 fully saturated rings. The molecule has 1 N–H and O–H groups in total. The molecular weight excluding hydrogens is 398 g/mol. The summed E-state index contributed by atoms with van der Waals surface area (Å²) in [6, 6.07) is 7.92. The molecule has 5 heteroatoms. The van der Waals surface area contributed by atoms with E-state index in [1.807, 2.05) is 31.2 Å². The SMILES string of the molecule is CC1(O)CCC2C(CCC3C2CCC2(C)C(C(=O)Cn4nnc5ccccc54)CCC32)C1. The number of aliphatic hydroxyl groups is 1. The Labute approximate surface area is 191 Å². The summed E-state index contributed by atoms with van der Waals surface area (Å²) in [7, 11) is 0. The molecule has 8 atom stereocenters. The lowest BCUT2D eigenvalue weighted by atomic mass is 9.49. The molecule has 1 aromatic heterocycles. The average molecular weight is 436 g/mol. The highest BCUT2D eigenvalue weighted by atomic mass is 16.3. The molecule has 0 saturated heterocycles. The first-order valence-electron chi connectivity index (χ1n) is 12.9. The molecule has 4 saturated carbocycles. The van der Waals surface area contributed by atoms with Crippen molar-refractivity contribution in [2.24, 2.45) is 40.9 Å². The van der Waals surface area contributed by atoms with Gasteiger partial charge in [-0.3, -0.25) is 4.79 Å². The Balaban J connectivity index is 1.20. The van der Waals surface area contributed by atoms with Crippen LogP contribution < -0.4 is 0 Å². The lowest BCUT2D eigenvalue weighted by molar-refractivity contribution is -0.133. The van der Waals surface area contributed by atoms with Crippen LogP contribution in [0.5, 0.6) is 0 Å². The highest BCUT2D eigenvalue weighted by molar-refractivity contribution is 5.84. The van der Waals surface area contributed by atoms with Gasteiger partial charge in [0.2, 0.25) is 0 Å². The van der Waals surface area contributed by atoms with Crippen molar-refractivity contribution in [2.75, 3.05) is 0 Å². The summed E-state index contributed by atoms with van der Waals surface area (Å²) in [6.45, 7) is 4.82. The summed E-state index contributed by atoms with van der Waals surface area (Å²) in [5.41, 5.74) is 1.50. The molecule has 0 spiro atoms. The highest BCUT2D eigenvalue weighted by Crippen LogP contribution is 2.64. The molecule has 172 valence electrons. The molecule has 32 heavy (non-hydrogen) atoms. The number of Topliss-reactive ketones (excluding diaryl/α,β-unsaturated/α-hetero) is 1. The maximum atomic E-state index is 13.6. The van der Waals surface area contributed by atoms with Crippen molar-refractivity contribution in [1.29, 1.82) is 0 Å². The number of rotatable bonds is 3.